The van der Waals surface area contributed by atoms with E-state index in [1.165, 1.54) is 44.9 Å². The number of ether oxygens (including phenoxy) is 1. The first-order valence-corrected chi connectivity index (χ1v) is 10.9. The first-order chi connectivity index (χ1) is 15.0. The van der Waals surface area contributed by atoms with Gasteiger partial charge in [0.15, 0.2) is 0 Å². The highest BCUT2D eigenvalue weighted by molar-refractivity contribution is 5.90. The van der Waals surface area contributed by atoms with E-state index in [1.807, 2.05) is 30.8 Å². The fourth-order valence-corrected chi connectivity index (χ4v) is 4.07. The minimum atomic E-state index is -0.356. The van der Waals surface area contributed by atoms with Crippen LogP contribution in [-0.4, -0.2) is 42.6 Å². The van der Waals surface area contributed by atoms with Crippen LogP contribution in [0.15, 0.2) is 42.6 Å². The molecule has 2 heterocycles. The summed E-state index contributed by atoms with van der Waals surface area (Å²) in [5.41, 5.74) is 4.37. The molecule has 0 atom stereocenters. The number of benzene rings is 1. The van der Waals surface area contributed by atoms with Crippen molar-refractivity contribution in [2.45, 2.75) is 38.1 Å². The number of nitrogens with one attached hydrogen (secondary N) is 1. The molecule has 3 aromatic rings. The minimum Gasteiger partial charge on any atom is -0.465 e. The maximum absolute atomic E-state index is 12.0. The molecular formula is C25H30N4O2. The van der Waals surface area contributed by atoms with Gasteiger partial charge < -0.3 is 15.0 Å². The van der Waals surface area contributed by atoms with Crippen molar-refractivity contribution < 1.29 is 9.53 Å². The molecule has 2 aromatic heterocycles. The molecule has 1 N–H and O–H groups in total. The monoisotopic (exact) mass is 418 g/mol. The van der Waals surface area contributed by atoms with Crippen molar-refractivity contribution in [3.05, 3.63) is 59.4 Å². The molecule has 162 valence electrons. The predicted octanol–water partition coefficient (Wildman–Crippen LogP) is 5.10. The van der Waals surface area contributed by atoms with Crippen LogP contribution in [0.5, 0.6) is 0 Å². The third kappa shape index (κ3) is 4.74. The summed E-state index contributed by atoms with van der Waals surface area (Å²) in [6.07, 6.45) is 12.2. The number of pyridine rings is 1. The Hall–Kier alpha value is -3.28. The molecule has 0 bridgehead atoms. The molecule has 0 amide bonds. The SMILES string of the molecule is COC(=O)c1ccn2c(NC3CCCCC3)c(/C=C/c3ccc(N(C)C)cc3)nc2c1. The van der Waals surface area contributed by atoms with E-state index in [-0.39, 0.29) is 5.97 Å². The van der Waals surface area contributed by atoms with Crippen molar-refractivity contribution in [2.24, 2.45) is 0 Å². The third-order valence-corrected chi connectivity index (χ3v) is 5.86. The summed E-state index contributed by atoms with van der Waals surface area (Å²) in [5.74, 6) is 0.616. The molecule has 0 saturated heterocycles. The molecule has 1 aliphatic rings. The number of anilines is 2. The molecule has 0 aliphatic heterocycles. The Balaban J connectivity index is 1.68. The van der Waals surface area contributed by atoms with Gasteiger partial charge in [-0.3, -0.25) is 4.40 Å². The van der Waals surface area contributed by atoms with Gasteiger partial charge in [-0.15, -0.1) is 0 Å². The lowest BCUT2D eigenvalue weighted by Gasteiger charge is -2.23. The van der Waals surface area contributed by atoms with E-state index in [0.717, 1.165) is 22.7 Å². The van der Waals surface area contributed by atoms with Crippen molar-refractivity contribution in [1.82, 2.24) is 9.38 Å². The molecule has 1 aliphatic carbocycles. The highest BCUT2D eigenvalue weighted by Crippen LogP contribution is 2.27. The minimum absolute atomic E-state index is 0.356. The largest absolute Gasteiger partial charge is 0.465 e. The predicted molar refractivity (Wildman–Crippen MR) is 127 cm³/mol. The van der Waals surface area contributed by atoms with E-state index < -0.39 is 0 Å². The summed E-state index contributed by atoms with van der Waals surface area (Å²) in [6.45, 7) is 0. The number of methoxy groups -OCH3 is 1. The number of nitrogens with zero attached hydrogens (tertiary/aromatic N) is 3. The highest BCUT2D eigenvalue weighted by Gasteiger charge is 2.18. The molecule has 0 radical (unpaired) electrons. The summed E-state index contributed by atoms with van der Waals surface area (Å²) < 4.78 is 6.89. The van der Waals surface area contributed by atoms with Crippen molar-refractivity contribution in [2.75, 3.05) is 31.4 Å². The molecular weight excluding hydrogens is 388 g/mol. The standard InChI is InChI=1S/C25H30N4O2/c1-28(2)21-12-9-18(10-13-21)11-14-22-24(26-20-7-5-4-6-8-20)29-16-15-19(25(30)31-3)17-23(29)27-22/h9-17,20,26H,4-8H2,1-3H3/b14-11+. The van der Waals surface area contributed by atoms with Crippen molar-refractivity contribution in [1.29, 1.82) is 0 Å². The summed E-state index contributed by atoms with van der Waals surface area (Å²) in [6, 6.07) is 12.4. The van der Waals surface area contributed by atoms with Gasteiger partial charge in [0, 0.05) is 32.0 Å². The first kappa shape index (κ1) is 21.0. The molecule has 4 rings (SSSR count). The number of rotatable bonds is 6. The Kier molecular flexibility index (Phi) is 6.26. The van der Waals surface area contributed by atoms with Crippen molar-refractivity contribution in [3.8, 4) is 0 Å². The van der Waals surface area contributed by atoms with E-state index in [1.54, 1.807) is 12.1 Å². The van der Waals surface area contributed by atoms with Crippen LogP contribution in [0.25, 0.3) is 17.8 Å². The number of carbonyl (C=O) groups excluding carboxylic acids is 1. The van der Waals surface area contributed by atoms with Crippen molar-refractivity contribution in [3.63, 3.8) is 0 Å². The van der Waals surface area contributed by atoms with Gasteiger partial charge in [0.25, 0.3) is 0 Å². The zero-order valence-corrected chi connectivity index (χ0v) is 18.5. The van der Waals surface area contributed by atoms with Gasteiger partial charge >= 0.3 is 5.97 Å². The Morgan fingerprint density at radius 2 is 1.87 bits per heavy atom. The topological polar surface area (TPSA) is 58.9 Å². The van der Waals surface area contributed by atoms with Crippen molar-refractivity contribution >= 4 is 35.3 Å². The van der Waals surface area contributed by atoms with Gasteiger partial charge in [0.05, 0.1) is 12.7 Å². The van der Waals surface area contributed by atoms with E-state index in [4.69, 9.17) is 9.72 Å². The Labute approximate surface area is 183 Å². The number of aromatic nitrogens is 2. The first-order valence-electron chi connectivity index (χ1n) is 10.9. The van der Waals surface area contributed by atoms with Gasteiger partial charge in [0.2, 0.25) is 0 Å². The van der Waals surface area contributed by atoms with Crippen LogP contribution in [0.2, 0.25) is 0 Å². The van der Waals surface area contributed by atoms with Crippen LogP contribution < -0.4 is 10.2 Å². The van der Waals surface area contributed by atoms with Crippen LogP contribution in [0.4, 0.5) is 11.5 Å². The maximum Gasteiger partial charge on any atom is 0.338 e. The molecule has 0 spiro atoms. The molecule has 6 nitrogen and oxygen atoms in total. The quantitative estimate of drug-likeness (QED) is 0.564. The number of carbonyl (C=O) groups is 1. The van der Waals surface area contributed by atoms with Gasteiger partial charge in [-0.2, -0.15) is 0 Å². The lowest BCUT2D eigenvalue weighted by atomic mass is 9.95. The van der Waals surface area contributed by atoms with E-state index >= 15 is 0 Å². The molecule has 1 aromatic carbocycles. The maximum atomic E-state index is 12.0. The summed E-state index contributed by atoms with van der Waals surface area (Å²) in [5, 5.41) is 3.72. The fraction of sp³-hybridized carbons (Fsp3) is 0.360. The van der Waals surface area contributed by atoms with E-state index in [2.05, 4.69) is 40.6 Å². The van der Waals surface area contributed by atoms with E-state index in [0.29, 0.717) is 11.6 Å². The number of hydrogen-bond donors (Lipinski definition) is 1. The van der Waals surface area contributed by atoms with Gasteiger partial charge in [0.1, 0.15) is 17.2 Å². The second kappa shape index (κ2) is 9.25. The number of fused-ring (bicyclic) bond motifs is 1. The van der Waals surface area contributed by atoms with Crippen LogP contribution in [0.3, 0.4) is 0 Å². The normalized spacial score (nSPS) is 14.8. The number of hydrogen-bond acceptors (Lipinski definition) is 5. The molecule has 0 unspecified atom stereocenters. The zero-order chi connectivity index (χ0) is 21.8. The Bertz CT molecular complexity index is 1080. The second-order valence-corrected chi connectivity index (χ2v) is 8.28. The molecule has 1 fully saturated rings. The highest BCUT2D eigenvalue weighted by atomic mass is 16.5. The van der Waals surface area contributed by atoms with E-state index in [9.17, 15) is 4.79 Å². The molecule has 31 heavy (non-hydrogen) atoms. The van der Waals surface area contributed by atoms with Crippen LogP contribution in [-0.2, 0) is 4.74 Å². The molecule has 1 saturated carbocycles. The van der Waals surface area contributed by atoms with Gasteiger partial charge in [-0.1, -0.05) is 37.5 Å². The smallest absolute Gasteiger partial charge is 0.338 e. The van der Waals surface area contributed by atoms with Gasteiger partial charge in [-0.25, -0.2) is 9.78 Å². The van der Waals surface area contributed by atoms with Crippen LogP contribution >= 0.6 is 0 Å². The molecule has 6 heteroatoms. The van der Waals surface area contributed by atoms with Gasteiger partial charge in [-0.05, 0) is 48.7 Å². The second-order valence-electron chi connectivity index (χ2n) is 8.28. The number of esters is 1. The Morgan fingerprint density at radius 1 is 1.13 bits per heavy atom. The zero-order valence-electron chi connectivity index (χ0n) is 18.5. The van der Waals surface area contributed by atoms with Crippen LogP contribution in [0.1, 0.15) is 53.7 Å². The summed E-state index contributed by atoms with van der Waals surface area (Å²) in [7, 11) is 5.46. The lowest BCUT2D eigenvalue weighted by molar-refractivity contribution is 0.0600. The average Bonchev–Trinajstić information content (AvgIpc) is 3.14. The fourth-order valence-electron chi connectivity index (χ4n) is 4.07. The third-order valence-electron chi connectivity index (χ3n) is 5.86. The lowest BCUT2D eigenvalue weighted by Crippen LogP contribution is -2.23. The summed E-state index contributed by atoms with van der Waals surface area (Å²) >= 11 is 0. The van der Waals surface area contributed by atoms with Crippen LogP contribution in [0, 0.1) is 0 Å². The summed E-state index contributed by atoms with van der Waals surface area (Å²) in [4.78, 5) is 18.9. The number of imidazole rings is 1. The average molecular weight is 419 g/mol. The Morgan fingerprint density at radius 3 is 2.55 bits per heavy atom.